The molecule has 0 saturated carbocycles. The Morgan fingerprint density at radius 3 is 2.42 bits per heavy atom. The number of hydrogen-bond donors (Lipinski definition) is 0. The molecule has 0 aromatic heterocycles. The third kappa shape index (κ3) is 6.07. The molecular weight excluding hydrogens is 161 g/mol. The number of rotatable bonds is 7. The van der Waals surface area contributed by atoms with E-state index in [0.29, 0.717) is 6.42 Å². The van der Waals surface area contributed by atoms with E-state index in [-0.39, 0.29) is 6.42 Å². The van der Waals surface area contributed by atoms with Crippen molar-refractivity contribution in [2.75, 3.05) is 0 Å². The number of halogens is 1. The topological polar surface area (TPSA) is 43.1 Å². The van der Waals surface area contributed by atoms with Crippen LogP contribution in [0, 0.1) is 10.1 Å². The summed E-state index contributed by atoms with van der Waals surface area (Å²) in [5.74, 6) is 0. The normalized spacial score (nSPS) is 12.8. The van der Waals surface area contributed by atoms with E-state index in [0.717, 1.165) is 25.7 Å². The molecule has 0 saturated heterocycles. The molecule has 72 valence electrons. The van der Waals surface area contributed by atoms with E-state index in [1.807, 2.05) is 0 Å². The van der Waals surface area contributed by atoms with E-state index in [2.05, 4.69) is 6.92 Å². The highest BCUT2D eigenvalue weighted by Gasteiger charge is 2.15. The van der Waals surface area contributed by atoms with Gasteiger partial charge in [0.15, 0.2) is 0 Å². The van der Waals surface area contributed by atoms with Gasteiger partial charge in [-0.1, -0.05) is 32.6 Å². The average molecular weight is 177 g/mol. The highest BCUT2D eigenvalue weighted by atomic mass is 19.1. The van der Waals surface area contributed by atoms with E-state index >= 15 is 0 Å². The van der Waals surface area contributed by atoms with Crippen LogP contribution in [0.5, 0.6) is 0 Å². The first-order valence-electron chi connectivity index (χ1n) is 4.46. The summed E-state index contributed by atoms with van der Waals surface area (Å²) in [6.45, 7) is 2.09. The fourth-order valence-corrected chi connectivity index (χ4v) is 1.02. The van der Waals surface area contributed by atoms with Gasteiger partial charge >= 0.3 is 6.30 Å². The SMILES string of the molecule is CCCCCCCC(F)[N+](=O)[O-]. The monoisotopic (exact) mass is 177 g/mol. The van der Waals surface area contributed by atoms with Crippen LogP contribution in [0.15, 0.2) is 0 Å². The maximum Gasteiger partial charge on any atom is 0.349 e. The fraction of sp³-hybridized carbons (Fsp3) is 1.00. The van der Waals surface area contributed by atoms with E-state index in [4.69, 9.17) is 0 Å². The van der Waals surface area contributed by atoms with Crippen molar-refractivity contribution in [3.8, 4) is 0 Å². The van der Waals surface area contributed by atoms with Crippen molar-refractivity contribution in [1.29, 1.82) is 0 Å². The Labute approximate surface area is 72.1 Å². The minimum absolute atomic E-state index is 0.0662. The van der Waals surface area contributed by atoms with E-state index in [1.165, 1.54) is 0 Å². The Bertz CT molecular complexity index is 130. The molecule has 0 radical (unpaired) electrons. The number of nitrogens with zero attached hydrogens (tertiary/aromatic N) is 1. The summed E-state index contributed by atoms with van der Waals surface area (Å²) in [5.41, 5.74) is 0. The first-order valence-corrected chi connectivity index (χ1v) is 4.46. The number of hydrogen-bond acceptors (Lipinski definition) is 2. The molecular formula is C8H16FNO2. The van der Waals surface area contributed by atoms with Crippen LogP contribution < -0.4 is 0 Å². The van der Waals surface area contributed by atoms with Gasteiger partial charge in [0.05, 0.1) is 4.92 Å². The molecule has 0 aliphatic carbocycles. The predicted molar refractivity (Wildman–Crippen MR) is 45.3 cm³/mol. The lowest BCUT2D eigenvalue weighted by atomic mass is 10.1. The number of nitro groups is 1. The summed E-state index contributed by atoms with van der Waals surface area (Å²) in [6.07, 6.45) is 3.07. The van der Waals surface area contributed by atoms with Gasteiger partial charge in [0.1, 0.15) is 0 Å². The summed E-state index contributed by atoms with van der Waals surface area (Å²) in [6, 6.07) is 0. The predicted octanol–water partition coefficient (Wildman–Crippen LogP) is 2.92. The molecule has 4 heteroatoms. The lowest BCUT2D eigenvalue weighted by molar-refractivity contribution is -0.554. The number of unbranched alkanes of at least 4 members (excludes halogenated alkanes) is 4. The molecule has 0 N–H and O–H groups in total. The van der Waals surface area contributed by atoms with Crippen LogP contribution >= 0.6 is 0 Å². The highest BCUT2D eigenvalue weighted by Crippen LogP contribution is 2.09. The molecule has 1 atom stereocenters. The fourth-order valence-electron chi connectivity index (χ4n) is 1.02. The molecule has 3 nitrogen and oxygen atoms in total. The van der Waals surface area contributed by atoms with Gasteiger partial charge in [-0.15, -0.1) is 0 Å². The summed E-state index contributed by atoms with van der Waals surface area (Å²) in [4.78, 5) is 8.99. The Kier molecular flexibility index (Phi) is 6.61. The first-order chi connectivity index (χ1) is 5.68. The minimum Gasteiger partial charge on any atom is -0.262 e. The van der Waals surface area contributed by atoms with E-state index in [1.54, 1.807) is 0 Å². The highest BCUT2D eigenvalue weighted by molar-refractivity contribution is 4.45. The zero-order valence-electron chi connectivity index (χ0n) is 7.46. The van der Waals surface area contributed by atoms with Crippen molar-refractivity contribution in [2.45, 2.75) is 51.7 Å². The van der Waals surface area contributed by atoms with Crippen molar-refractivity contribution in [1.82, 2.24) is 0 Å². The Balaban J connectivity index is 3.14. The van der Waals surface area contributed by atoms with Crippen molar-refractivity contribution in [2.24, 2.45) is 0 Å². The van der Waals surface area contributed by atoms with Gasteiger partial charge in [0.2, 0.25) is 0 Å². The first kappa shape index (κ1) is 11.3. The van der Waals surface area contributed by atoms with Crippen LogP contribution in [0.1, 0.15) is 45.4 Å². The minimum atomic E-state index is -1.85. The zero-order chi connectivity index (χ0) is 9.40. The average Bonchev–Trinajstić information content (AvgIpc) is 2.03. The third-order valence-electron chi connectivity index (χ3n) is 1.77. The summed E-state index contributed by atoms with van der Waals surface area (Å²) >= 11 is 0. The Morgan fingerprint density at radius 1 is 1.33 bits per heavy atom. The molecule has 12 heavy (non-hydrogen) atoms. The third-order valence-corrected chi connectivity index (χ3v) is 1.77. The van der Waals surface area contributed by atoms with Crippen LogP contribution in [0.2, 0.25) is 0 Å². The van der Waals surface area contributed by atoms with Crippen molar-refractivity contribution in [3.63, 3.8) is 0 Å². The molecule has 0 spiro atoms. The van der Waals surface area contributed by atoms with E-state index < -0.39 is 11.2 Å². The second kappa shape index (κ2) is 7.00. The van der Waals surface area contributed by atoms with Gasteiger partial charge in [-0.25, -0.2) is 0 Å². The molecule has 0 amide bonds. The van der Waals surface area contributed by atoms with Gasteiger partial charge in [-0.05, 0) is 6.42 Å². The smallest absolute Gasteiger partial charge is 0.262 e. The van der Waals surface area contributed by atoms with Crippen molar-refractivity contribution in [3.05, 3.63) is 10.1 Å². The van der Waals surface area contributed by atoms with Crippen molar-refractivity contribution < 1.29 is 9.31 Å². The van der Waals surface area contributed by atoms with Crippen molar-refractivity contribution >= 4 is 0 Å². The molecule has 0 aromatic rings. The van der Waals surface area contributed by atoms with Gasteiger partial charge in [0, 0.05) is 6.42 Å². The molecule has 0 aliphatic heterocycles. The zero-order valence-corrected chi connectivity index (χ0v) is 7.46. The Hall–Kier alpha value is -0.670. The van der Waals surface area contributed by atoms with Crippen LogP contribution in [0.4, 0.5) is 4.39 Å². The standard InChI is InChI=1S/C8H16FNO2/c1-2-3-4-5-6-7-8(9)10(11)12/h8H,2-7H2,1H3. The molecule has 0 heterocycles. The Morgan fingerprint density at radius 2 is 1.92 bits per heavy atom. The summed E-state index contributed by atoms with van der Waals surface area (Å²) in [7, 11) is 0. The van der Waals surface area contributed by atoms with Crippen LogP contribution in [-0.2, 0) is 0 Å². The van der Waals surface area contributed by atoms with Gasteiger partial charge < -0.3 is 0 Å². The molecule has 1 unspecified atom stereocenters. The molecule has 0 fully saturated rings. The molecule has 0 aromatic carbocycles. The van der Waals surface area contributed by atoms with Crippen LogP contribution in [0.25, 0.3) is 0 Å². The summed E-state index contributed by atoms with van der Waals surface area (Å²) < 4.78 is 12.3. The quantitative estimate of drug-likeness (QED) is 0.260. The maximum absolute atomic E-state index is 12.3. The number of alkyl halides is 1. The lowest BCUT2D eigenvalue weighted by Crippen LogP contribution is -2.12. The van der Waals surface area contributed by atoms with Gasteiger partial charge in [-0.3, -0.25) is 10.1 Å². The second-order valence-electron chi connectivity index (χ2n) is 2.92. The van der Waals surface area contributed by atoms with Gasteiger partial charge in [-0.2, -0.15) is 4.39 Å². The van der Waals surface area contributed by atoms with E-state index in [9.17, 15) is 14.5 Å². The second-order valence-corrected chi connectivity index (χ2v) is 2.92. The summed E-state index contributed by atoms with van der Waals surface area (Å²) in [5, 5.41) is 9.85. The molecule has 0 bridgehead atoms. The maximum atomic E-state index is 12.3. The van der Waals surface area contributed by atoms with Gasteiger partial charge in [0.25, 0.3) is 0 Å². The molecule has 0 rings (SSSR count). The lowest BCUT2D eigenvalue weighted by Gasteiger charge is -1.99. The largest absolute Gasteiger partial charge is 0.349 e. The van der Waals surface area contributed by atoms with Crippen LogP contribution in [-0.4, -0.2) is 11.2 Å². The van der Waals surface area contributed by atoms with Crippen LogP contribution in [0.3, 0.4) is 0 Å². The molecule has 0 aliphatic rings.